The van der Waals surface area contributed by atoms with E-state index in [1.165, 1.54) is 28.7 Å². The van der Waals surface area contributed by atoms with Gasteiger partial charge in [0.25, 0.3) is 5.56 Å². The number of para-hydroxylation sites is 1. The lowest BCUT2D eigenvalue weighted by molar-refractivity contribution is -0.389. The van der Waals surface area contributed by atoms with Gasteiger partial charge >= 0.3 is 5.82 Å². The van der Waals surface area contributed by atoms with Crippen LogP contribution in [0.25, 0.3) is 10.9 Å². The van der Waals surface area contributed by atoms with E-state index in [2.05, 4.69) is 15.2 Å². The van der Waals surface area contributed by atoms with Crippen molar-refractivity contribution in [2.45, 2.75) is 37.5 Å². The van der Waals surface area contributed by atoms with E-state index in [1.807, 2.05) is 13.0 Å². The molecule has 0 saturated carbocycles. The van der Waals surface area contributed by atoms with Crippen LogP contribution in [0.15, 0.2) is 52.7 Å². The number of hydrogen-bond acceptors (Lipinski definition) is 7. The molecule has 0 spiro atoms. The minimum atomic E-state index is -0.547. The Balaban J connectivity index is 1.57. The summed E-state index contributed by atoms with van der Waals surface area (Å²) in [5.41, 5.74) is 1.23. The quantitative estimate of drug-likeness (QED) is 0.171. The molecule has 0 saturated heterocycles. The van der Waals surface area contributed by atoms with Crippen LogP contribution in [0.5, 0.6) is 0 Å². The average Bonchev–Trinajstić information content (AvgIpc) is 3.35. The van der Waals surface area contributed by atoms with E-state index in [0.29, 0.717) is 40.6 Å². The molecule has 12 heteroatoms. The third-order valence-corrected chi connectivity index (χ3v) is 5.96. The summed E-state index contributed by atoms with van der Waals surface area (Å²) in [6.07, 6.45) is 3.94. The van der Waals surface area contributed by atoms with Crippen molar-refractivity contribution >= 4 is 40.1 Å². The molecule has 0 aliphatic heterocycles. The zero-order valence-electron chi connectivity index (χ0n) is 16.5. The van der Waals surface area contributed by atoms with Crippen LogP contribution in [0, 0.1) is 17.0 Å². The second-order valence-corrected chi connectivity index (χ2v) is 8.11. The van der Waals surface area contributed by atoms with Crippen LogP contribution < -0.4 is 5.56 Å². The van der Waals surface area contributed by atoms with E-state index in [0.717, 1.165) is 5.69 Å². The first-order chi connectivity index (χ1) is 14.9. The van der Waals surface area contributed by atoms with E-state index >= 15 is 0 Å². The zero-order valence-corrected chi connectivity index (χ0v) is 18.1. The molecular weight excluding hydrogens is 442 g/mol. The molecule has 0 bridgehead atoms. The number of halogens is 1. The standard InChI is InChI=1S/C19H18ClN7O3S/c1-13-15(20)11-24(22-13)8-4-9-26-18(28)14-5-2-3-6-16(14)21-19(26)31-12-25-10-7-17(23-25)27(29)30/h2-3,5-7,10-11H,4,8-9,12H2,1H3. The molecule has 0 atom stereocenters. The lowest BCUT2D eigenvalue weighted by Gasteiger charge is -2.12. The topological polar surface area (TPSA) is 114 Å². The molecule has 0 fully saturated rings. The Labute approximate surface area is 185 Å². The number of benzene rings is 1. The summed E-state index contributed by atoms with van der Waals surface area (Å²) in [5.74, 6) is 0.0599. The molecular formula is C19H18ClN7O3S. The average molecular weight is 460 g/mol. The highest BCUT2D eigenvalue weighted by Gasteiger charge is 2.15. The van der Waals surface area contributed by atoms with Crippen molar-refractivity contribution in [3.8, 4) is 0 Å². The number of thioether (sulfide) groups is 1. The molecule has 3 aromatic heterocycles. The Kier molecular flexibility index (Phi) is 6.05. The van der Waals surface area contributed by atoms with E-state index in [-0.39, 0.29) is 17.3 Å². The maximum absolute atomic E-state index is 13.1. The molecule has 0 aliphatic rings. The van der Waals surface area contributed by atoms with Crippen LogP contribution in [0.3, 0.4) is 0 Å². The van der Waals surface area contributed by atoms with Crippen molar-refractivity contribution in [2.75, 3.05) is 0 Å². The summed E-state index contributed by atoms with van der Waals surface area (Å²) in [7, 11) is 0. The van der Waals surface area contributed by atoms with E-state index < -0.39 is 4.92 Å². The number of aryl methyl sites for hydroxylation is 2. The molecule has 4 aromatic rings. The molecule has 160 valence electrons. The summed E-state index contributed by atoms with van der Waals surface area (Å²) in [4.78, 5) is 28.0. The maximum atomic E-state index is 13.1. The fourth-order valence-corrected chi connectivity index (χ4v) is 4.13. The van der Waals surface area contributed by atoms with Crippen LogP contribution in [0.1, 0.15) is 12.1 Å². The SMILES string of the molecule is Cc1nn(CCCn2c(SCn3ccc([N+](=O)[O-])n3)nc3ccccc3c2=O)cc1Cl. The number of nitro groups is 1. The highest BCUT2D eigenvalue weighted by atomic mass is 35.5. The van der Waals surface area contributed by atoms with Crippen molar-refractivity contribution in [3.63, 3.8) is 0 Å². The van der Waals surface area contributed by atoms with Gasteiger partial charge in [-0.2, -0.15) is 9.78 Å². The maximum Gasteiger partial charge on any atom is 0.389 e. The van der Waals surface area contributed by atoms with Gasteiger partial charge in [0.15, 0.2) is 5.16 Å². The largest absolute Gasteiger partial charge is 0.389 e. The molecule has 10 nitrogen and oxygen atoms in total. The Hall–Kier alpha value is -3.18. The molecule has 0 aliphatic carbocycles. The van der Waals surface area contributed by atoms with Gasteiger partial charge in [-0.25, -0.2) is 4.98 Å². The molecule has 31 heavy (non-hydrogen) atoms. The van der Waals surface area contributed by atoms with Gasteiger partial charge < -0.3 is 10.1 Å². The third-order valence-electron chi connectivity index (χ3n) is 4.62. The van der Waals surface area contributed by atoms with Gasteiger partial charge in [0.05, 0.1) is 39.0 Å². The smallest absolute Gasteiger partial charge is 0.358 e. The van der Waals surface area contributed by atoms with E-state index in [9.17, 15) is 14.9 Å². The Bertz CT molecular complexity index is 1290. The van der Waals surface area contributed by atoms with Crippen molar-refractivity contribution in [3.05, 3.63) is 73.9 Å². The second kappa shape index (κ2) is 8.90. The Morgan fingerprint density at radius 1 is 1.16 bits per heavy atom. The molecule has 0 amide bonds. The number of hydrogen-bond donors (Lipinski definition) is 0. The Morgan fingerprint density at radius 3 is 2.68 bits per heavy atom. The van der Waals surface area contributed by atoms with Gasteiger partial charge in [0.1, 0.15) is 5.88 Å². The summed E-state index contributed by atoms with van der Waals surface area (Å²) >= 11 is 7.35. The summed E-state index contributed by atoms with van der Waals surface area (Å²) in [5, 5.41) is 20.8. The minimum Gasteiger partial charge on any atom is -0.358 e. The van der Waals surface area contributed by atoms with E-state index in [4.69, 9.17) is 11.6 Å². The van der Waals surface area contributed by atoms with E-state index in [1.54, 1.807) is 33.6 Å². The lowest BCUT2D eigenvalue weighted by atomic mass is 10.2. The molecule has 0 radical (unpaired) electrons. The number of rotatable bonds is 8. The number of aromatic nitrogens is 6. The van der Waals surface area contributed by atoms with Gasteiger partial charge in [-0.1, -0.05) is 35.5 Å². The number of nitrogens with zero attached hydrogens (tertiary/aromatic N) is 7. The van der Waals surface area contributed by atoms with Crippen molar-refractivity contribution < 1.29 is 4.92 Å². The van der Waals surface area contributed by atoms with Crippen LogP contribution in [0.2, 0.25) is 5.02 Å². The first-order valence-corrected chi connectivity index (χ1v) is 10.8. The monoisotopic (exact) mass is 459 g/mol. The van der Waals surface area contributed by atoms with Gasteiger partial charge in [0, 0.05) is 19.3 Å². The summed E-state index contributed by atoms with van der Waals surface area (Å²) in [6.45, 7) is 2.88. The van der Waals surface area contributed by atoms with Gasteiger partial charge in [-0.3, -0.25) is 14.0 Å². The van der Waals surface area contributed by atoms with Crippen molar-refractivity contribution in [1.82, 2.24) is 29.1 Å². The predicted octanol–water partition coefficient (Wildman–Crippen LogP) is 3.50. The zero-order chi connectivity index (χ0) is 22.0. The molecule has 1 aromatic carbocycles. The van der Waals surface area contributed by atoms with Gasteiger partial charge in [-0.05, 0) is 30.4 Å². The fourth-order valence-electron chi connectivity index (χ4n) is 3.10. The molecule has 4 rings (SSSR count). The van der Waals surface area contributed by atoms with Crippen LogP contribution in [0.4, 0.5) is 5.82 Å². The van der Waals surface area contributed by atoms with Crippen LogP contribution >= 0.6 is 23.4 Å². The normalized spacial score (nSPS) is 11.3. The van der Waals surface area contributed by atoms with Crippen molar-refractivity contribution in [1.29, 1.82) is 0 Å². The van der Waals surface area contributed by atoms with Gasteiger partial charge in [0.2, 0.25) is 0 Å². The highest BCUT2D eigenvalue weighted by molar-refractivity contribution is 7.98. The predicted molar refractivity (Wildman–Crippen MR) is 117 cm³/mol. The first-order valence-electron chi connectivity index (χ1n) is 9.42. The first kappa shape index (κ1) is 21.1. The van der Waals surface area contributed by atoms with Gasteiger partial charge in [-0.15, -0.1) is 0 Å². The second-order valence-electron chi connectivity index (χ2n) is 6.79. The summed E-state index contributed by atoms with van der Waals surface area (Å²) in [6, 6.07) is 8.51. The molecule has 3 heterocycles. The molecule has 0 unspecified atom stereocenters. The minimum absolute atomic E-state index is 0.130. The van der Waals surface area contributed by atoms with Crippen molar-refractivity contribution in [2.24, 2.45) is 0 Å². The fraction of sp³-hybridized carbons (Fsp3) is 0.263. The molecule has 0 N–H and O–H groups in total. The van der Waals surface area contributed by atoms with Crippen LogP contribution in [-0.2, 0) is 19.0 Å². The number of fused-ring (bicyclic) bond motifs is 1. The summed E-state index contributed by atoms with van der Waals surface area (Å²) < 4.78 is 4.83. The Morgan fingerprint density at radius 2 is 1.97 bits per heavy atom. The van der Waals surface area contributed by atoms with Crippen LogP contribution in [-0.4, -0.2) is 34.0 Å². The lowest BCUT2D eigenvalue weighted by Crippen LogP contribution is -2.24. The third kappa shape index (κ3) is 4.62. The highest BCUT2D eigenvalue weighted by Crippen LogP contribution is 2.21.